The van der Waals surface area contributed by atoms with Gasteiger partial charge in [0.15, 0.2) is 0 Å². The fraction of sp³-hybridized carbons (Fsp3) is 0.389. The second-order valence-corrected chi connectivity index (χ2v) is 6.07. The van der Waals surface area contributed by atoms with Crippen LogP contribution in [0, 0.1) is 0 Å². The lowest BCUT2D eigenvalue weighted by Gasteiger charge is -2.33. The number of benzene rings is 1. The van der Waals surface area contributed by atoms with E-state index >= 15 is 0 Å². The molecule has 0 spiro atoms. The zero-order valence-electron chi connectivity index (χ0n) is 14.0. The molecule has 1 aliphatic rings. The molecule has 2 aromatic rings. The number of amides is 1. The third-order valence-electron chi connectivity index (χ3n) is 4.16. The summed E-state index contributed by atoms with van der Waals surface area (Å²) in [7, 11) is 0. The normalized spacial score (nSPS) is 15.9. The minimum absolute atomic E-state index is 0.215. The van der Waals surface area contributed by atoms with Crippen molar-refractivity contribution < 1.29 is 27.1 Å². The van der Waals surface area contributed by atoms with E-state index < -0.39 is 11.9 Å². The molecular formula is C18H19F3N2O3. The molecule has 0 bridgehead atoms. The van der Waals surface area contributed by atoms with Gasteiger partial charge in [0.05, 0.1) is 6.54 Å². The zero-order chi connectivity index (χ0) is 18.6. The number of carbonyl (C=O) groups excluding carboxylic acids is 1. The largest absolute Gasteiger partial charge is 0.455 e. The smallest absolute Gasteiger partial charge is 0.449 e. The van der Waals surface area contributed by atoms with Gasteiger partial charge in [0.25, 0.3) is 0 Å². The van der Waals surface area contributed by atoms with Crippen LogP contribution in [0.1, 0.15) is 17.1 Å². The molecule has 0 saturated carbocycles. The van der Waals surface area contributed by atoms with Crippen LogP contribution in [-0.4, -0.2) is 42.1 Å². The molecule has 1 saturated heterocycles. The Morgan fingerprint density at radius 3 is 2.35 bits per heavy atom. The van der Waals surface area contributed by atoms with Gasteiger partial charge in [-0.1, -0.05) is 30.3 Å². The molecule has 1 aromatic heterocycles. The number of halogens is 3. The number of furan rings is 1. The maximum Gasteiger partial charge on any atom is 0.449 e. The summed E-state index contributed by atoms with van der Waals surface area (Å²) >= 11 is 0. The number of rotatable bonds is 4. The molecule has 140 valence electrons. The maximum absolute atomic E-state index is 12.5. The Bertz CT molecular complexity index is 723. The molecule has 1 aliphatic heterocycles. The van der Waals surface area contributed by atoms with Gasteiger partial charge in [-0.05, 0) is 17.7 Å². The summed E-state index contributed by atoms with van der Waals surface area (Å²) in [5, 5.41) is 0. The van der Waals surface area contributed by atoms with Crippen LogP contribution in [0.5, 0.6) is 0 Å². The van der Waals surface area contributed by atoms with Gasteiger partial charge < -0.3 is 14.1 Å². The van der Waals surface area contributed by atoms with Crippen LogP contribution in [0.25, 0.3) is 0 Å². The topological polar surface area (TPSA) is 45.9 Å². The minimum Gasteiger partial charge on any atom is -0.455 e. The van der Waals surface area contributed by atoms with Gasteiger partial charge in [0, 0.05) is 26.2 Å². The van der Waals surface area contributed by atoms with E-state index in [-0.39, 0.29) is 25.0 Å². The van der Waals surface area contributed by atoms with E-state index in [9.17, 15) is 18.0 Å². The van der Waals surface area contributed by atoms with Gasteiger partial charge in [-0.2, -0.15) is 13.2 Å². The highest BCUT2D eigenvalue weighted by Crippen LogP contribution is 2.30. The first-order valence-electron chi connectivity index (χ1n) is 8.26. The Kier molecular flexibility index (Phi) is 5.51. The molecule has 0 N–H and O–H groups in total. The Morgan fingerprint density at radius 2 is 1.73 bits per heavy atom. The number of hydrogen-bond acceptors (Lipinski definition) is 4. The number of ether oxygens (including phenoxy) is 1. The van der Waals surface area contributed by atoms with E-state index in [1.807, 2.05) is 35.2 Å². The average Bonchev–Trinajstić information content (AvgIpc) is 3.10. The summed E-state index contributed by atoms with van der Waals surface area (Å²) in [6.45, 7) is 2.50. The summed E-state index contributed by atoms with van der Waals surface area (Å²) in [6.07, 6.45) is -4.86. The second-order valence-electron chi connectivity index (χ2n) is 6.07. The molecule has 5 nitrogen and oxygen atoms in total. The zero-order valence-corrected chi connectivity index (χ0v) is 14.0. The first-order valence-corrected chi connectivity index (χ1v) is 8.26. The van der Waals surface area contributed by atoms with Crippen LogP contribution < -0.4 is 0 Å². The minimum atomic E-state index is -4.47. The van der Waals surface area contributed by atoms with E-state index in [2.05, 4.69) is 0 Å². The van der Waals surface area contributed by atoms with Crippen LogP contribution >= 0.6 is 0 Å². The van der Waals surface area contributed by atoms with Gasteiger partial charge in [0.1, 0.15) is 12.4 Å². The lowest BCUT2D eigenvalue weighted by atomic mass is 10.2. The van der Waals surface area contributed by atoms with Crippen LogP contribution in [0.2, 0.25) is 0 Å². The van der Waals surface area contributed by atoms with Gasteiger partial charge in [0.2, 0.25) is 5.76 Å². The molecule has 0 unspecified atom stereocenters. The predicted molar refractivity (Wildman–Crippen MR) is 87.2 cm³/mol. The summed E-state index contributed by atoms with van der Waals surface area (Å²) in [5.74, 6) is -0.729. The Labute approximate surface area is 148 Å². The molecule has 8 heteroatoms. The maximum atomic E-state index is 12.5. The molecule has 0 aliphatic carbocycles. The lowest BCUT2D eigenvalue weighted by Crippen LogP contribution is -2.48. The van der Waals surface area contributed by atoms with E-state index in [0.29, 0.717) is 26.2 Å². The highest BCUT2D eigenvalue weighted by atomic mass is 19.4. The van der Waals surface area contributed by atoms with Crippen molar-refractivity contribution in [2.24, 2.45) is 0 Å². The molecule has 1 fully saturated rings. The van der Waals surface area contributed by atoms with Gasteiger partial charge in [-0.25, -0.2) is 4.79 Å². The first-order chi connectivity index (χ1) is 12.4. The molecule has 0 atom stereocenters. The summed E-state index contributed by atoms with van der Waals surface area (Å²) in [4.78, 5) is 15.6. The van der Waals surface area contributed by atoms with Gasteiger partial charge >= 0.3 is 12.3 Å². The standard InChI is InChI=1S/C18H19F3N2O3/c19-18(20,21)16-7-6-15(26-16)12-22-8-10-23(11-9-22)17(24)25-13-14-4-2-1-3-5-14/h1-7H,8-13H2. The van der Waals surface area contributed by atoms with Crippen molar-refractivity contribution in [1.82, 2.24) is 9.80 Å². The molecular weight excluding hydrogens is 349 g/mol. The van der Waals surface area contributed by atoms with Crippen molar-refractivity contribution in [3.8, 4) is 0 Å². The predicted octanol–water partition coefficient (Wildman–Crippen LogP) is 3.75. The number of alkyl halides is 3. The van der Waals surface area contributed by atoms with Crippen LogP contribution in [-0.2, 0) is 24.1 Å². The van der Waals surface area contributed by atoms with Gasteiger partial charge in [-0.15, -0.1) is 0 Å². The van der Waals surface area contributed by atoms with Crippen LogP contribution in [0.3, 0.4) is 0 Å². The van der Waals surface area contributed by atoms with E-state index in [4.69, 9.17) is 9.15 Å². The lowest BCUT2D eigenvalue weighted by molar-refractivity contribution is -0.153. The van der Waals surface area contributed by atoms with Crippen molar-refractivity contribution in [3.05, 3.63) is 59.5 Å². The quantitative estimate of drug-likeness (QED) is 0.825. The molecule has 0 radical (unpaired) electrons. The molecule has 1 aromatic carbocycles. The first kappa shape index (κ1) is 18.3. The third kappa shape index (κ3) is 4.78. The average molecular weight is 368 g/mol. The van der Waals surface area contributed by atoms with E-state index in [1.165, 1.54) is 6.07 Å². The van der Waals surface area contributed by atoms with Crippen molar-refractivity contribution in [3.63, 3.8) is 0 Å². The molecule has 2 heterocycles. The van der Waals surface area contributed by atoms with Crippen molar-refractivity contribution in [2.75, 3.05) is 26.2 Å². The third-order valence-corrected chi connectivity index (χ3v) is 4.16. The number of carbonyl (C=O) groups is 1. The number of hydrogen-bond donors (Lipinski definition) is 0. The van der Waals surface area contributed by atoms with Gasteiger partial charge in [-0.3, -0.25) is 4.90 Å². The summed E-state index contributed by atoms with van der Waals surface area (Å²) in [6, 6.07) is 11.7. The number of piperazine rings is 1. The Morgan fingerprint density at radius 1 is 1.04 bits per heavy atom. The van der Waals surface area contributed by atoms with Crippen molar-refractivity contribution in [2.45, 2.75) is 19.3 Å². The van der Waals surface area contributed by atoms with E-state index in [0.717, 1.165) is 11.6 Å². The van der Waals surface area contributed by atoms with E-state index in [1.54, 1.807) is 4.90 Å². The SMILES string of the molecule is O=C(OCc1ccccc1)N1CCN(Cc2ccc(C(F)(F)F)o2)CC1. The van der Waals surface area contributed by atoms with Crippen molar-refractivity contribution >= 4 is 6.09 Å². The highest BCUT2D eigenvalue weighted by Gasteiger charge is 2.35. The molecule has 26 heavy (non-hydrogen) atoms. The highest BCUT2D eigenvalue weighted by molar-refractivity contribution is 5.67. The summed E-state index contributed by atoms with van der Waals surface area (Å²) < 4.78 is 47.8. The molecule has 3 rings (SSSR count). The fourth-order valence-electron chi connectivity index (χ4n) is 2.73. The van der Waals surface area contributed by atoms with Crippen LogP contribution in [0.15, 0.2) is 46.9 Å². The van der Waals surface area contributed by atoms with Crippen molar-refractivity contribution in [1.29, 1.82) is 0 Å². The van der Waals surface area contributed by atoms with Crippen LogP contribution in [0.4, 0.5) is 18.0 Å². The number of nitrogens with zero attached hydrogens (tertiary/aromatic N) is 2. The second kappa shape index (κ2) is 7.82. The Balaban J connectivity index is 1.43. The summed E-state index contributed by atoms with van der Waals surface area (Å²) in [5.41, 5.74) is 0.915. The Hall–Kier alpha value is -2.48. The fourth-order valence-corrected chi connectivity index (χ4v) is 2.73. The monoisotopic (exact) mass is 368 g/mol. The molecule has 1 amide bonds.